The number of nitrogen functional groups attached to an aromatic ring is 1. The number of esters is 1. The number of benzene rings is 1. The van der Waals surface area contributed by atoms with E-state index in [1.165, 1.54) is 0 Å². The van der Waals surface area contributed by atoms with Crippen LogP contribution in [0.2, 0.25) is 0 Å². The summed E-state index contributed by atoms with van der Waals surface area (Å²) >= 11 is 0. The average molecular weight is 272 g/mol. The predicted molar refractivity (Wildman–Crippen MR) is 79.5 cm³/mol. The largest absolute Gasteiger partial charge is 0.456 e. The summed E-state index contributed by atoms with van der Waals surface area (Å²) in [5, 5.41) is 0. The van der Waals surface area contributed by atoms with Crippen molar-refractivity contribution in [3.8, 4) is 0 Å². The molecular weight excluding hydrogens is 252 g/mol. The number of nitrogens with two attached hydrogens (primary N) is 1. The Bertz CT molecular complexity index is 615. The van der Waals surface area contributed by atoms with Crippen LogP contribution in [0.5, 0.6) is 0 Å². The highest BCUT2D eigenvalue weighted by Crippen LogP contribution is 2.18. The lowest BCUT2D eigenvalue weighted by Gasteiger charge is -2.12. The summed E-state index contributed by atoms with van der Waals surface area (Å²) in [5.74, 6) is -0.348. The number of hydrogen-bond donors (Lipinski definition) is 1. The standard InChI is InChI=1S/C16H20N2O2/c1-11(2)18-9-14(17)8-15(18)16(19)20-10-13-7-5-4-6-12(13)3/h4-9,11H,10,17H2,1-3H3. The molecule has 0 unspecified atom stereocenters. The van der Waals surface area contributed by atoms with Gasteiger partial charge in [-0.15, -0.1) is 0 Å². The van der Waals surface area contributed by atoms with E-state index in [9.17, 15) is 4.79 Å². The normalized spacial score (nSPS) is 10.8. The highest BCUT2D eigenvalue weighted by molar-refractivity contribution is 5.89. The molecule has 1 aromatic carbocycles. The molecule has 1 heterocycles. The lowest BCUT2D eigenvalue weighted by atomic mass is 10.1. The molecular formula is C16H20N2O2. The molecule has 0 aliphatic carbocycles. The highest BCUT2D eigenvalue weighted by atomic mass is 16.5. The zero-order chi connectivity index (χ0) is 14.7. The monoisotopic (exact) mass is 272 g/mol. The van der Waals surface area contributed by atoms with Gasteiger partial charge in [-0.05, 0) is 38.0 Å². The lowest BCUT2D eigenvalue weighted by molar-refractivity contribution is 0.0457. The number of carbonyl (C=O) groups is 1. The first kappa shape index (κ1) is 14.2. The SMILES string of the molecule is Cc1ccccc1COC(=O)c1cc(N)cn1C(C)C. The van der Waals surface area contributed by atoms with Crippen LogP contribution in [0, 0.1) is 6.92 Å². The minimum absolute atomic E-state index is 0.160. The molecule has 1 aromatic heterocycles. The van der Waals surface area contributed by atoms with Gasteiger partial charge in [-0.1, -0.05) is 24.3 Å². The summed E-state index contributed by atoms with van der Waals surface area (Å²) in [6, 6.07) is 9.67. The van der Waals surface area contributed by atoms with Gasteiger partial charge < -0.3 is 15.0 Å². The summed E-state index contributed by atoms with van der Waals surface area (Å²) in [6.45, 7) is 6.27. The quantitative estimate of drug-likeness (QED) is 0.869. The lowest BCUT2D eigenvalue weighted by Crippen LogP contribution is -2.13. The second-order valence-corrected chi connectivity index (χ2v) is 5.16. The number of aromatic nitrogens is 1. The Morgan fingerprint density at radius 2 is 2.05 bits per heavy atom. The van der Waals surface area contributed by atoms with Crippen LogP contribution in [0.15, 0.2) is 36.5 Å². The zero-order valence-corrected chi connectivity index (χ0v) is 12.1. The predicted octanol–water partition coefficient (Wildman–Crippen LogP) is 3.32. The summed E-state index contributed by atoms with van der Waals surface area (Å²) in [6.07, 6.45) is 1.76. The molecule has 0 radical (unpaired) electrons. The van der Waals surface area contributed by atoms with Gasteiger partial charge in [0, 0.05) is 12.2 Å². The smallest absolute Gasteiger partial charge is 0.355 e. The van der Waals surface area contributed by atoms with Crippen LogP contribution in [0.4, 0.5) is 5.69 Å². The van der Waals surface area contributed by atoms with E-state index in [0.29, 0.717) is 11.4 Å². The average Bonchev–Trinajstić information content (AvgIpc) is 2.80. The van der Waals surface area contributed by atoms with E-state index in [1.807, 2.05) is 49.6 Å². The molecule has 0 amide bonds. The maximum Gasteiger partial charge on any atom is 0.355 e. The molecule has 0 atom stereocenters. The molecule has 2 rings (SSSR count). The van der Waals surface area contributed by atoms with Crippen LogP contribution in [0.25, 0.3) is 0 Å². The second-order valence-electron chi connectivity index (χ2n) is 5.16. The fourth-order valence-corrected chi connectivity index (χ4v) is 2.08. The number of rotatable bonds is 4. The molecule has 0 saturated carbocycles. The van der Waals surface area contributed by atoms with E-state index in [2.05, 4.69) is 0 Å². The topological polar surface area (TPSA) is 57.2 Å². The molecule has 0 saturated heterocycles. The van der Waals surface area contributed by atoms with Crippen molar-refractivity contribution in [3.05, 3.63) is 53.3 Å². The summed E-state index contributed by atoms with van der Waals surface area (Å²) in [5.41, 5.74) is 8.94. The van der Waals surface area contributed by atoms with Gasteiger partial charge in [0.05, 0.1) is 5.69 Å². The number of anilines is 1. The molecule has 4 heteroatoms. The Morgan fingerprint density at radius 1 is 1.35 bits per heavy atom. The van der Waals surface area contributed by atoms with Crippen LogP contribution in [-0.4, -0.2) is 10.5 Å². The first-order valence-corrected chi connectivity index (χ1v) is 6.68. The van der Waals surface area contributed by atoms with Crippen molar-refractivity contribution in [2.75, 3.05) is 5.73 Å². The fraction of sp³-hybridized carbons (Fsp3) is 0.312. The van der Waals surface area contributed by atoms with E-state index >= 15 is 0 Å². The number of ether oxygens (including phenoxy) is 1. The van der Waals surface area contributed by atoms with Crippen LogP contribution in [0.3, 0.4) is 0 Å². The Hall–Kier alpha value is -2.23. The molecule has 4 nitrogen and oxygen atoms in total. The van der Waals surface area contributed by atoms with Gasteiger partial charge in [-0.25, -0.2) is 4.79 Å². The molecule has 0 spiro atoms. The maximum absolute atomic E-state index is 12.2. The summed E-state index contributed by atoms with van der Waals surface area (Å²) < 4.78 is 7.21. The Labute approximate surface area is 119 Å². The van der Waals surface area contributed by atoms with Crippen molar-refractivity contribution >= 4 is 11.7 Å². The van der Waals surface area contributed by atoms with Gasteiger partial charge in [-0.3, -0.25) is 0 Å². The van der Waals surface area contributed by atoms with Crippen molar-refractivity contribution in [3.63, 3.8) is 0 Å². The summed E-state index contributed by atoms with van der Waals surface area (Å²) in [7, 11) is 0. The Kier molecular flexibility index (Phi) is 4.13. The number of carbonyl (C=O) groups excluding carboxylic acids is 1. The first-order chi connectivity index (χ1) is 9.49. The first-order valence-electron chi connectivity index (χ1n) is 6.68. The van der Waals surface area contributed by atoms with Gasteiger partial charge in [-0.2, -0.15) is 0 Å². The van der Waals surface area contributed by atoms with Crippen molar-refractivity contribution in [1.29, 1.82) is 0 Å². The van der Waals surface area contributed by atoms with Gasteiger partial charge in [0.25, 0.3) is 0 Å². The third-order valence-electron chi connectivity index (χ3n) is 3.26. The molecule has 20 heavy (non-hydrogen) atoms. The zero-order valence-electron chi connectivity index (χ0n) is 12.1. The van der Waals surface area contributed by atoms with Crippen LogP contribution in [-0.2, 0) is 11.3 Å². The van der Waals surface area contributed by atoms with Crippen molar-refractivity contribution in [2.45, 2.75) is 33.4 Å². The molecule has 0 bridgehead atoms. The Morgan fingerprint density at radius 3 is 2.70 bits per heavy atom. The van der Waals surface area contributed by atoms with Crippen molar-refractivity contribution < 1.29 is 9.53 Å². The third-order valence-corrected chi connectivity index (χ3v) is 3.26. The molecule has 2 aromatic rings. The van der Waals surface area contributed by atoms with Gasteiger partial charge in [0.15, 0.2) is 0 Å². The van der Waals surface area contributed by atoms with E-state index in [1.54, 1.807) is 12.3 Å². The molecule has 106 valence electrons. The van der Waals surface area contributed by atoms with Gasteiger partial charge in [0.1, 0.15) is 12.3 Å². The highest BCUT2D eigenvalue weighted by Gasteiger charge is 2.16. The fourth-order valence-electron chi connectivity index (χ4n) is 2.08. The molecule has 0 fully saturated rings. The van der Waals surface area contributed by atoms with Crippen molar-refractivity contribution in [1.82, 2.24) is 4.57 Å². The number of aryl methyl sites for hydroxylation is 1. The van der Waals surface area contributed by atoms with E-state index in [-0.39, 0.29) is 18.6 Å². The summed E-state index contributed by atoms with van der Waals surface area (Å²) in [4.78, 5) is 12.2. The molecule has 0 aliphatic heterocycles. The molecule has 0 aliphatic rings. The maximum atomic E-state index is 12.2. The Balaban J connectivity index is 2.11. The van der Waals surface area contributed by atoms with Gasteiger partial charge in [0.2, 0.25) is 0 Å². The van der Waals surface area contributed by atoms with Crippen molar-refractivity contribution in [2.24, 2.45) is 0 Å². The third kappa shape index (κ3) is 3.02. The molecule has 2 N–H and O–H groups in total. The van der Waals surface area contributed by atoms with E-state index in [0.717, 1.165) is 11.1 Å². The van der Waals surface area contributed by atoms with Gasteiger partial charge >= 0.3 is 5.97 Å². The number of nitrogens with zero attached hydrogens (tertiary/aromatic N) is 1. The van der Waals surface area contributed by atoms with E-state index < -0.39 is 0 Å². The minimum atomic E-state index is -0.348. The van der Waals surface area contributed by atoms with E-state index in [4.69, 9.17) is 10.5 Å². The van der Waals surface area contributed by atoms with Crippen LogP contribution >= 0.6 is 0 Å². The second kappa shape index (κ2) is 5.82. The minimum Gasteiger partial charge on any atom is -0.456 e. The number of hydrogen-bond acceptors (Lipinski definition) is 3. The van der Waals surface area contributed by atoms with Crippen LogP contribution < -0.4 is 5.73 Å². The van der Waals surface area contributed by atoms with Crippen LogP contribution in [0.1, 0.15) is 41.5 Å².